The van der Waals surface area contributed by atoms with Gasteiger partial charge in [0, 0.05) is 12.2 Å². The van der Waals surface area contributed by atoms with Crippen molar-refractivity contribution in [1.82, 2.24) is 5.32 Å². The van der Waals surface area contributed by atoms with Crippen molar-refractivity contribution in [1.29, 1.82) is 0 Å². The summed E-state index contributed by atoms with van der Waals surface area (Å²) in [5.74, 6) is -1.16. The summed E-state index contributed by atoms with van der Waals surface area (Å²) in [5, 5.41) is 10.7. The van der Waals surface area contributed by atoms with Crippen LogP contribution in [0.1, 0.15) is 15.9 Å². The first-order valence-electron chi connectivity index (χ1n) is 5.76. The fourth-order valence-corrected chi connectivity index (χ4v) is 1.99. The molecule has 20 heavy (non-hydrogen) atoms. The molecule has 0 bridgehead atoms. The lowest BCUT2D eigenvalue weighted by Crippen LogP contribution is -2.43. The molecule has 0 saturated carbocycles. The minimum Gasteiger partial charge on any atom is -0.478 e. The molecule has 0 aromatic heterocycles. The van der Waals surface area contributed by atoms with Gasteiger partial charge in [-0.05, 0) is 24.1 Å². The summed E-state index contributed by atoms with van der Waals surface area (Å²) in [7, 11) is 0. The summed E-state index contributed by atoms with van der Waals surface area (Å²) in [6.07, 6.45) is -4.00. The normalized spacial score (nSPS) is 14.1. The zero-order chi connectivity index (χ0) is 14.9. The van der Waals surface area contributed by atoms with Gasteiger partial charge in [-0.2, -0.15) is 13.2 Å². The van der Waals surface area contributed by atoms with Crippen LogP contribution in [0.2, 0.25) is 0 Å². The maximum absolute atomic E-state index is 12.1. The summed E-state index contributed by atoms with van der Waals surface area (Å²) in [4.78, 5) is 23.7. The number of fused-ring (bicyclic) bond motifs is 1. The van der Waals surface area contributed by atoms with Crippen molar-refractivity contribution in [2.45, 2.75) is 12.6 Å². The molecule has 0 fully saturated rings. The topological polar surface area (TPSA) is 69.6 Å². The maximum Gasteiger partial charge on any atom is 0.405 e. The molecule has 1 aliphatic heterocycles. The van der Waals surface area contributed by atoms with E-state index >= 15 is 0 Å². The van der Waals surface area contributed by atoms with Crippen LogP contribution in [0.4, 0.5) is 23.7 Å². The van der Waals surface area contributed by atoms with E-state index in [2.05, 4.69) is 0 Å². The van der Waals surface area contributed by atoms with E-state index in [4.69, 9.17) is 5.11 Å². The standard InChI is InChI=1S/C12H11F3N2O3/c13-12(14,15)6-16-11(20)17-4-3-7-1-2-8(10(18)19)5-9(7)17/h1-2,5H,3-4,6H2,(H,16,20)(H,18,19). The van der Waals surface area contributed by atoms with Gasteiger partial charge in [-0.3, -0.25) is 4.90 Å². The van der Waals surface area contributed by atoms with Crippen LogP contribution in [0.15, 0.2) is 18.2 Å². The lowest BCUT2D eigenvalue weighted by atomic mass is 10.1. The number of hydrogen-bond acceptors (Lipinski definition) is 2. The van der Waals surface area contributed by atoms with Gasteiger partial charge >= 0.3 is 18.2 Å². The third kappa shape index (κ3) is 3.01. The molecule has 8 heteroatoms. The number of halogens is 3. The van der Waals surface area contributed by atoms with Crippen molar-refractivity contribution in [3.8, 4) is 0 Å². The second-order valence-electron chi connectivity index (χ2n) is 4.32. The number of hydrogen-bond donors (Lipinski definition) is 2. The van der Waals surface area contributed by atoms with Crippen molar-refractivity contribution < 1.29 is 27.9 Å². The van der Waals surface area contributed by atoms with Gasteiger partial charge < -0.3 is 10.4 Å². The number of amides is 2. The first kappa shape index (κ1) is 14.2. The SMILES string of the molecule is O=C(O)c1ccc2c(c1)N(C(=O)NCC(F)(F)F)CC2. The molecule has 0 radical (unpaired) electrons. The number of nitrogens with zero attached hydrogens (tertiary/aromatic N) is 1. The van der Waals surface area contributed by atoms with Gasteiger partial charge in [-0.25, -0.2) is 9.59 Å². The largest absolute Gasteiger partial charge is 0.478 e. The fraction of sp³-hybridized carbons (Fsp3) is 0.333. The highest BCUT2D eigenvalue weighted by molar-refractivity contribution is 5.97. The number of urea groups is 1. The van der Waals surface area contributed by atoms with E-state index in [1.165, 1.54) is 12.1 Å². The van der Waals surface area contributed by atoms with Crippen LogP contribution in [0.25, 0.3) is 0 Å². The molecule has 1 heterocycles. The quantitative estimate of drug-likeness (QED) is 0.874. The van der Waals surface area contributed by atoms with E-state index in [1.807, 2.05) is 0 Å². The third-order valence-electron chi connectivity index (χ3n) is 2.91. The average molecular weight is 288 g/mol. The Labute approximate surface area is 112 Å². The molecular formula is C12H11F3N2O3. The smallest absolute Gasteiger partial charge is 0.405 e. The predicted octanol–water partition coefficient (Wildman–Crippen LogP) is 2.02. The molecule has 2 amide bonds. The van der Waals surface area contributed by atoms with Crippen molar-refractivity contribution >= 4 is 17.7 Å². The van der Waals surface area contributed by atoms with Crippen LogP contribution in [0, 0.1) is 0 Å². The summed E-state index contributed by atoms with van der Waals surface area (Å²) in [6.45, 7) is -1.20. The highest BCUT2D eigenvalue weighted by atomic mass is 19.4. The van der Waals surface area contributed by atoms with Crippen molar-refractivity contribution in [2.75, 3.05) is 18.0 Å². The summed E-state index contributed by atoms with van der Waals surface area (Å²) < 4.78 is 36.2. The van der Waals surface area contributed by atoms with Crippen LogP contribution in [-0.2, 0) is 6.42 Å². The number of aromatic carboxylic acids is 1. The second-order valence-corrected chi connectivity index (χ2v) is 4.32. The van der Waals surface area contributed by atoms with Crippen LogP contribution in [0.5, 0.6) is 0 Å². The molecule has 1 aliphatic rings. The Morgan fingerprint density at radius 2 is 2.05 bits per heavy atom. The van der Waals surface area contributed by atoms with Crippen molar-refractivity contribution in [2.24, 2.45) is 0 Å². The fourth-order valence-electron chi connectivity index (χ4n) is 1.99. The van der Waals surface area contributed by atoms with Gasteiger partial charge in [0.1, 0.15) is 6.54 Å². The maximum atomic E-state index is 12.1. The number of benzene rings is 1. The molecule has 0 atom stereocenters. The number of alkyl halides is 3. The lowest BCUT2D eigenvalue weighted by molar-refractivity contribution is -0.122. The van der Waals surface area contributed by atoms with Gasteiger partial charge in [-0.15, -0.1) is 0 Å². The van der Waals surface area contributed by atoms with E-state index in [0.717, 1.165) is 10.5 Å². The summed E-state index contributed by atoms with van der Waals surface area (Å²) >= 11 is 0. The predicted molar refractivity (Wildman–Crippen MR) is 63.9 cm³/mol. The van der Waals surface area contributed by atoms with Crippen LogP contribution in [-0.4, -0.2) is 36.4 Å². The molecule has 2 rings (SSSR count). The van der Waals surface area contributed by atoms with Gasteiger partial charge in [0.25, 0.3) is 0 Å². The van der Waals surface area contributed by atoms with Gasteiger partial charge in [0.2, 0.25) is 0 Å². The molecule has 5 nitrogen and oxygen atoms in total. The Bertz CT molecular complexity index is 557. The minimum absolute atomic E-state index is 0.0146. The van der Waals surface area contributed by atoms with E-state index < -0.39 is 24.7 Å². The van der Waals surface area contributed by atoms with Gasteiger partial charge in [0.05, 0.1) is 5.56 Å². The number of rotatable bonds is 2. The minimum atomic E-state index is -4.48. The highest BCUT2D eigenvalue weighted by Gasteiger charge is 2.31. The Hall–Kier alpha value is -2.25. The van der Waals surface area contributed by atoms with E-state index in [-0.39, 0.29) is 12.1 Å². The number of carbonyl (C=O) groups is 2. The molecular weight excluding hydrogens is 277 g/mol. The summed E-state index contributed by atoms with van der Waals surface area (Å²) in [6, 6.07) is 3.37. The first-order valence-corrected chi connectivity index (χ1v) is 5.76. The molecule has 1 aromatic rings. The first-order chi connectivity index (χ1) is 9.28. The number of carbonyl (C=O) groups excluding carboxylic acids is 1. The summed E-state index contributed by atoms with van der Waals surface area (Å²) in [5.41, 5.74) is 1.06. The Kier molecular flexibility index (Phi) is 3.56. The van der Waals surface area contributed by atoms with Crippen LogP contribution >= 0.6 is 0 Å². The number of nitrogens with one attached hydrogen (secondary N) is 1. The van der Waals surface area contributed by atoms with Crippen molar-refractivity contribution in [3.05, 3.63) is 29.3 Å². The number of carboxylic acid groups (broad SMARTS) is 1. The molecule has 0 aliphatic carbocycles. The zero-order valence-corrected chi connectivity index (χ0v) is 10.2. The molecule has 2 N–H and O–H groups in total. The Morgan fingerprint density at radius 1 is 1.35 bits per heavy atom. The monoisotopic (exact) mass is 288 g/mol. The Morgan fingerprint density at radius 3 is 2.65 bits per heavy atom. The van der Waals surface area contributed by atoms with Gasteiger partial charge in [0.15, 0.2) is 0 Å². The molecule has 108 valence electrons. The number of anilines is 1. The average Bonchev–Trinajstić information content (AvgIpc) is 2.77. The van der Waals surface area contributed by atoms with Crippen molar-refractivity contribution in [3.63, 3.8) is 0 Å². The third-order valence-corrected chi connectivity index (χ3v) is 2.91. The van der Waals surface area contributed by atoms with E-state index in [1.54, 1.807) is 11.4 Å². The van der Waals surface area contributed by atoms with E-state index in [0.29, 0.717) is 12.1 Å². The van der Waals surface area contributed by atoms with Crippen LogP contribution < -0.4 is 10.2 Å². The lowest BCUT2D eigenvalue weighted by Gasteiger charge is -2.19. The molecule has 0 unspecified atom stereocenters. The number of carboxylic acids is 1. The highest BCUT2D eigenvalue weighted by Crippen LogP contribution is 2.29. The molecule has 0 saturated heterocycles. The Balaban J connectivity index is 2.16. The molecule has 1 aromatic carbocycles. The van der Waals surface area contributed by atoms with E-state index in [9.17, 15) is 22.8 Å². The zero-order valence-electron chi connectivity index (χ0n) is 10.2. The van der Waals surface area contributed by atoms with Gasteiger partial charge in [-0.1, -0.05) is 6.07 Å². The van der Waals surface area contributed by atoms with Crippen LogP contribution in [0.3, 0.4) is 0 Å². The molecule has 0 spiro atoms. The second kappa shape index (κ2) is 5.03.